The summed E-state index contributed by atoms with van der Waals surface area (Å²) in [5.41, 5.74) is 8.92. The zero-order valence-electron chi connectivity index (χ0n) is 11.3. The van der Waals surface area contributed by atoms with Crippen LogP contribution in [0.4, 0.5) is 10.1 Å². The molecular formula is C15H18ClFN2. The van der Waals surface area contributed by atoms with Crippen LogP contribution in [0.25, 0.3) is 0 Å². The molecule has 2 nitrogen and oxygen atoms in total. The molecule has 0 spiro atoms. The molecule has 0 heterocycles. The van der Waals surface area contributed by atoms with E-state index in [1.54, 1.807) is 13.0 Å². The van der Waals surface area contributed by atoms with Crippen LogP contribution in [0.15, 0.2) is 47.8 Å². The van der Waals surface area contributed by atoms with E-state index in [0.29, 0.717) is 22.0 Å². The van der Waals surface area contributed by atoms with E-state index in [1.165, 1.54) is 12.3 Å². The highest BCUT2D eigenvalue weighted by atomic mass is 35.5. The summed E-state index contributed by atoms with van der Waals surface area (Å²) >= 11 is 5.94. The van der Waals surface area contributed by atoms with E-state index < -0.39 is 0 Å². The number of hydrogen-bond acceptors (Lipinski definition) is 2. The van der Waals surface area contributed by atoms with Crippen LogP contribution in [0.3, 0.4) is 0 Å². The predicted molar refractivity (Wildman–Crippen MR) is 80.6 cm³/mol. The SMILES string of the molecule is C=C(Nc1cc(F)c(C)c(Cl)c1)/C(C)=C/C(C)=C\N. The van der Waals surface area contributed by atoms with E-state index in [-0.39, 0.29) is 5.82 Å². The highest BCUT2D eigenvalue weighted by molar-refractivity contribution is 6.31. The van der Waals surface area contributed by atoms with Crippen molar-refractivity contribution < 1.29 is 4.39 Å². The second-order valence-corrected chi connectivity index (χ2v) is 4.81. The average molecular weight is 281 g/mol. The molecular weight excluding hydrogens is 263 g/mol. The Morgan fingerprint density at radius 1 is 1.42 bits per heavy atom. The average Bonchev–Trinajstić information content (AvgIpc) is 2.35. The van der Waals surface area contributed by atoms with Crippen molar-refractivity contribution in [3.8, 4) is 0 Å². The van der Waals surface area contributed by atoms with Crippen molar-refractivity contribution in [3.05, 3.63) is 64.2 Å². The van der Waals surface area contributed by atoms with E-state index in [0.717, 1.165) is 11.1 Å². The molecule has 0 aliphatic carbocycles. The number of halogens is 2. The molecule has 102 valence electrons. The van der Waals surface area contributed by atoms with Gasteiger partial charge in [-0.3, -0.25) is 0 Å². The Morgan fingerprint density at radius 3 is 2.58 bits per heavy atom. The third kappa shape index (κ3) is 4.14. The summed E-state index contributed by atoms with van der Waals surface area (Å²) in [6.45, 7) is 9.33. The van der Waals surface area contributed by atoms with Crippen molar-refractivity contribution in [1.29, 1.82) is 0 Å². The van der Waals surface area contributed by atoms with E-state index in [1.807, 2.05) is 19.9 Å². The van der Waals surface area contributed by atoms with Gasteiger partial charge in [0.25, 0.3) is 0 Å². The van der Waals surface area contributed by atoms with Gasteiger partial charge in [-0.2, -0.15) is 0 Å². The fourth-order valence-corrected chi connectivity index (χ4v) is 1.67. The van der Waals surface area contributed by atoms with Gasteiger partial charge in [-0.15, -0.1) is 0 Å². The van der Waals surface area contributed by atoms with Gasteiger partial charge in [-0.05, 0) is 50.3 Å². The molecule has 1 aromatic carbocycles. The topological polar surface area (TPSA) is 38.0 Å². The second kappa shape index (κ2) is 6.43. The van der Waals surface area contributed by atoms with Crippen LogP contribution in [0.1, 0.15) is 19.4 Å². The Morgan fingerprint density at radius 2 is 2.05 bits per heavy atom. The van der Waals surface area contributed by atoms with Gasteiger partial charge in [-0.1, -0.05) is 24.3 Å². The lowest BCUT2D eigenvalue weighted by molar-refractivity contribution is 0.619. The van der Waals surface area contributed by atoms with Gasteiger partial charge in [0.1, 0.15) is 5.82 Å². The summed E-state index contributed by atoms with van der Waals surface area (Å²) in [5, 5.41) is 3.41. The van der Waals surface area contributed by atoms with Crippen molar-refractivity contribution in [3.63, 3.8) is 0 Å². The van der Waals surface area contributed by atoms with Gasteiger partial charge in [0.15, 0.2) is 0 Å². The van der Waals surface area contributed by atoms with Gasteiger partial charge in [0.05, 0.1) is 0 Å². The van der Waals surface area contributed by atoms with Crippen LogP contribution in [0, 0.1) is 12.7 Å². The zero-order valence-corrected chi connectivity index (χ0v) is 12.1. The molecule has 1 aromatic rings. The number of nitrogens with two attached hydrogens (primary N) is 1. The molecule has 1 rings (SSSR count). The minimum absolute atomic E-state index is 0.345. The van der Waals surface area contributed by atoms with Crippen molar-refractivity contribution in [2.24, 2.45) is 5.73 Å². The van der Waals surface area contributed by atoms with Crippen molar-refractivity contribution in [2.75, 3.05) is 5.32 Å². The molecule has 0 saturated carbocycles. The lowest BCUT2D eigenvalue weighted by atomic mass is 10.1. The van der Waals surface area contributed by atoms with Crippen molar-refractivity contribution in [1.82, 2.24) is 0 Å². The number of benzene rings is 1. The van der Waals surface area contributed by atoms with Gasteiger partial charge in [-0.25, -0.2) is 4.39 Å². The molecule has 4 heteroatoms. The monoisotopic (exact) mass is 280 g/mol. The standard InChI is InChI=1S/C15H18ClFN2/c1-9(8-18)5-10(2)12(4)19-13-6-14(16)11(3)15(17)7-13/h5-8,19H,4,18H2,1-3H3/b9-8-,10-5+. The second-order valence-electron chi connectivity index (χ2n) is 4.41. The van der Waals surface area contributed by atoms with Crippen LogP contribution >= 0.6 is 11.6 Å². The predicted octanol–water partition coefficient (Wildman–Crippen LogP) is 4.52. The highest BCUT2D eigenvalue weighted by Crippen LogP contribution is 2.25. The summed E-state index contributed by atoms with van der Waals surface area (Å²) in [4.78, 5) is 0. The van der Waals surface area contributed by atoms with E-state index >= 15 is 0 Å². The Balaban J connectivity index is 2.92. The van der Waals surface area contributed by atoms with E-state index in [4.69, 9.17) is 17.3 Å². The first kappa shape index (κ1) is 15.3. The number of nitrogens with one attached hydrogen (secondary N) is 1. The van der Waals surface area contributed by atoms with Crippen LogP contribution in [0.5, 0.6) is 0 Å². The molecule has 0 bridgehead atoms. The lowest BCUT2D eigenvalue weighted by Crippen LogP contribution is -2.01. The molecule has 0 aliphatic rings. The van der Waals surface area contributed by atoms with Crippen LogP contribution in [-0.4, -0.2) is 0 Å². The lowest BCUT2D eigenvalue weighted by Gasteiger charge is -2.12. The Labute approximate surface area is 118 Å². The Bertz CT molecular complexity index is 536. The number of hydrogen-bond donors (Lipinski definition) is 2. The number of rotatable bonds is 4. The first-order chi connectivity index (χ1) is 8.85. The van der Waals surface area contributed by atoms with E-state index in [9.17, 15) is 4.39 Å². The van der Waals surface area contributed by atoms with Crippen LogP contribution in [-0.2, 0) is 0 Å². The third-order valence-corrected chi connectivity index (χ3v) is 3.15. The Kier molecular flexibility index (Phi) is 5.19. The van der Waals surface area contributed by atoms with Crippen molar-refractivity contribution >= 4 is 17.3 Å². The maximum atomic E-state index is 13.6. The summed E-state index contributed by atoms with van der Waals surface area (Å²) in [7, 11) is 0. The minimum atomic E-state index is -0.345. The normalized spacial score (nSPS) is 12.5. The van der Waals surface area contributed by atoms with Crippen molar-refractivity contribution in [2.45, 2.75) is 20.8 Å². The zero-order chi connectivity index (χ0) is 14.6. The summed E-state index contributed by atoms with van der Waals surface area (Å²) in [6.07, 6.45) is 3.40. The number of allylic oxidation sites excluding steroid dienone is 3. The molecule has 0 fully saturated rings. The smallest absolute Gasteiger partial charge is 0.129 e. The molecule has 0 saturated heterocycles. The maximum Gasteiger partial charge on any atom is 0.129 e. The first-order valence-electron chi connectivity index (χ1n) is 5.84. The molecule has 0 radical (unpaired) electrons. The molecule has 3 N–H and O–H groups in total. The minimum Gasteiger partial charge on any atom is -0.404 e. The summed E-state index contributed by atoms with van der Waals surface area (Å²) < 4.78 is 13.6. The Hall–Kier alpha value is -1.74. The summed E-state index contributed by atoms with van der Waals surface area (Å²) in [6, 6.07) is 3.06. The van der Waals surface area contributed by atoms with Crippen LogP contribution < -0.4 is 11.1 Å². The molecule has 0 amide bonds. The fraction of sp³-hybridized carbons (Fsp3) is 0.200. The fourth-order valence-electron chi connectivity index (χ4n) is 1.47. The molecule has 0 atom stereocenters. The molecule has 0 aromatic heterocycles. The third-order valence-electron chi connectivity index (χ3n) is 2.76. The van der Waals surface area contributed by atoms with Gasteiger partial charge < -0.3 is 11.1 Å². The van der Waals surface area contributed by atoms with E-state index in [2.05, 4.69) is 11.9 Å². The molecule has 0 unspecified atom stereocenters. The molecule has 0 aliphatic heterocycles. The molecule has 19 heavy (non-hydrogen) atoms. The maximum absolute atomic E-state index is 13.6. The van der Waals surface area contributed by atoms with Gasteiger partial charge in [0.2, 0.25) is 0 Å². The van der Waals surface area contributed by atoms with Gasteiger partial charge in [0, 0.05) is 22.0 Å². The van der Waals surface area contributed by atoms with Gasteiger partial charge >= 0.3 is 0 Å². The summed E-state index contributed by atoms with van der Waals surface area (Å²) in [5.74, 6) is -0.345. The number of anilines is 1. The largest absolute Gasteiger partial charge is 0.404 e. The first-order valence-corrected chi connectivity index (χ1v) is 6.21. The quantitative estimate of drug-likeness (QED) is 0.796. The van der Waals surface area contributed by atoms with Crippen LogP contribution in [0.2, 0.25) is 5.02 Å². The highest BCUT2D eigenvalue weighted by Gasteiger charge is 2.06.